The first-order valence-electron chi connectivity index (χ1n) is 11.7. The fourth-order valence-electron chi connectivity index (χ4n) is 3.48. The van der Waals surface area contributed by atoms with Crippen LogP contribution < -0.4 is 5.32 Å². The van der Waals surface area contributed by atoms with Gasteiger partial charge in [0.1, 0.15) is 6.67 Å². The van der Waals surface area contributed by atoms with Gasteiger partial charge in [0.25, 0.3) is 0 Å². The summed E-state index contributed by atoms with van der Waals surface area (Å²) in [5.74, 6) is 0. The van der Waals surface area contributed by atoms with Crippen LogP contribution in [0.2, 0.25) is 0 Å². The van der Waals surface area contributed by atoms with Crippen LogP contribution in [0.4, 0.5) is 0 Å². The average Bonchev–Trinajstić information content (AvgIpc) is 2.70. The second kappa shape index (κ2) is 19.5. The molecule has 1 heterocycles. The first kappa shape index (κ1) is 23.8. The highest BCUT2D eigenvalue weighted by molar-refractivity contribution is 5.71. The first-order valence-corrected chi connectivity index (χ1v) is 11.7. The van der Waals surface area contributed by atoms with E-state index in [1.54, 1.807) is 0 Å². The second-order valence-electron chi connectivity index (χ2n) is 7.87. The van der Waals surface area contributed by atoms with Crippen LogP contribution in [-0.4, -0.2) is 30.9 Å². The van der Waals surface area contributed by atoms with Crippen LogP contribution >= 0.6 is 0 Å². The third-order valence-corrected chi connectivity index (χ3v) is 5.23. The molecule has 0 bridgehead atoms. The number of allylic oxidation sites excluding steroid dienone is 2. The summed E-state index contributed by atoms with van der Waals surface area (Å²) in [4.78, 5) is 6.49. The fraction of sp³-hybridized carbons (Fsp3) is 0.792. The molecule has 0 aliphatic carbocycles. The lowest BCUT2D eigenvalue weighted by Crippen LogP contribution is -2.23. The molecule has 0 aromatic carbocycles. The van der Waals surface area contributed by atoms with Crippen molar-refractivity contribution < 1.29 is 0 Å². The molecule has 0 saturated carbocycles. The molecule has 0 atom stereocenters. The van der Waals surface area contributed by atoms with E-state index in [0.717, 1.165) is 26.2 Å². The molecule has 27 heavy (non-hydrogen) atoms. The molecule has 1 N–H and O–H groups in total. The maximum Gasteiger partial charge on any atom is 0.109 e. The highest BCUT2D eigenvalue weighted by Gasteiger charge is 1.98. The number of hydrogen-bond donors (Lipinski definition) is 1. The van der Waals surface area contributed by atoms with E-state index in [9.17, 15) is 0 Å². The zero-order chi connectivity index (χ0) is 19.3. The van der Waals surface area contributed by atoms with Crippen molar-refractivity contribution >= 4 is 6.21 Å². The Labute approximate surface area is 169 Å². The summed E-state index contributed by atoms with van der Waals surface area (Å²) in [6, 6.07) is 0. The van der Waals surface area contributed by atoms with Crippen molar-refractivity contribution in [3.63, 3.8) is 0 Å². The van der Waals surface area contributed by atoms with Crippen LogP contribution in [0.1, 0.15) is 103 Å². The first-order chi connectivity index (χ1) is 13.4. The zero-order valence-electron chi connectivity index (χ0n) is 18.0. The van der Waals surface area contributed by atoms with Gasteiger partial charge in [-0.2, -0.15) is 0 Å². The molecule has 1 aliphatic heterocycles. The highest BCUT2D eigenvalue weighted by Crippen LogP contribution is 2.12. The molecular formula is C24H45N3. The minimum atomic E-state index is 0.811. The topological polar surface area (TPSA) is 27.6 Å². The highest BCUT2D eigenvalue weighted by atomic mass is 15.2. The molecule has 0 fully saturated rings. The van der Waals surface area contributed by atoms with Crippen LogP contribution in [-0.2, 0) is 0 Å². The Hall–Kier alpha value is -1.25. The second-order valence-corrected chi connectivity index (χ2v) is 7.87. The summed E-state index contributed by atoms with van der Waals surface area (Å²) < 4.78 is 0. The summed E-state index contributed by atoms with van der Waals surface area (Å²) in [5.41, 5.74) is 0. The van der Waals surface area contributed by atoms with Gasteiger partial charge in [-0.25, -0.2) is 0 Å². The van der Waals surface area contributed by atoms with E-state index in [4.69, 9.17) is 0 Å². The lowest BCUT2D eigenvalue weighted by atomic mass is 10.0. The van der Waals surface area contributed by atoms with Gasteiger partial charge in [-0.05, 0) is 31.5 Å². The minimum absolute atomic E-state index is 0.811. The van der Waals surface area contributed by atoms with Crippen LogP contribution in [0.15, 0.2) is 29.5 Å². The summed E-state index contributed by atoms with van der Waals surface area (Å²) in [6.45, 7) is 5.22. The van der Waals surface area contributed by atoms with Crippen LogP contribution in [0.3, 0.4) is 0 Å². The molecular weight excluding hydrogens is 330 g/mol. The summed E-state index contributed by atoms with van der Waals surface area (Å²) in [6.07, 6.45) is 31.4. The van der Waals surface area contributed by atoms with Gasteiger partial charge in [0.15, 0.2) is 0 Å². The smallest absolute Gasteiger partial charge is 0.109 e. The Morgan fingerprint density at radius 1 is 0.852 bits per heavy atom. The SMILES string of the molecule is CCCCCCCCCCCCCCCC=CNCCCN1C=CC=NC1. The predicted molar refractivity (Wildman–Crippen MR) is 121 cm³/mol. The largest absolute Gasteiger partial charge is 0.391 e. The molecule has 3 heteroatoms. The molecule has 0 unspecified atom stereocenters. The molecule has 1 rings (SSSR count). The number of nitrogens with zero attached hydrogens (tertiary/aromatic N) is 2. The third kappa shape index (κ3) is 16.6. The van der Waals surface area contributed by atoms with Gasteiger partial charge in [0, 0.05) is 25.5 Å². The Morgan fingerprint density at radius 2 is 1.48 bits per heavy atom. The Balaban J connectivity index is 1.70. The molecule has 0 aromatic heterocycles. The van der Waals surface area contributed by atoms with Crippen molar-refractivity contribution in [1.82, 2.24) is 10.2 Å². The Bertz CT molecular complexity index is 387. The van der Waals surface area contributed by atoms with E-state index < -0.39 is 0 Å². The van der Waals surface area contributed by atoms with Gasteiger partial charge >= 0.3 is 0 Å². The van der Waals surface area contributed by atoms with Crippen molar-refractivity contribution in [1.29, 1.82) is 0 Å². The van der Waals surface area contributed by atoms with Gasteiger partial charge in [-0.1, -0.05) is 90.0 Å². The number of rotatable bonds is 19. The summed E-state index contributed by atoms with van der Waals surface area (Å²) in [5, 5.41) is 3.40. The maximum absolute atomic E-state index is 4.24. The summed E-state index contributed by atoms with van der Waals surface area (Å²) >= 11 is 0. The van der Waals surface area contributed by atoms with E-state index in [2.05, 4.69) is 40.6 Å². The van der Waals surface area contributed by atoms with Crippen molar-refractivity contribution in [2.24, 2.45) is 4.99 Å². The zero-order valence-corrected chi connectivity index (χ0v) is 18.0. The van der Waals surface area contributed by atoms with E-state index in [1.165, 1.54) is 89.9 Å². The standard InChI is InChI=1S/C24H45N3/c1-2-3-4-5-6-7-8-9-10-11-12-13-14-15-16-19-25-20-17-22-27-23-18-21-26-24-27/h16,18-19,21,23,25H,2-15,17,20,22,24H2,1H3. The van der Waals surface area contributed by atoms with E-state index in [0.29, 0.717) is 0 Å². The number of hydrogen-bond acceptors (Lipinski definition) is 3. The lowest BCUT2D eigenvalue weighted by molar-refractivity contribution is 0.378. The minimum Gasteiger partial charge on any atom is -0.391 e. The Morgan fingerprint density at radius 3 is 2.07 bits per heavy atom. The normalized spacial score (nSPS) is 13.7. The van der Waals surface area contributed by atoms with Gasteiger partial charge in [-0.3, -0.25) is 4.99 Å². The van der Waals surface area contributed by atoms with Crippen molar-refractivity contribution in [3.05, 3.63) is 24.6 Å². The predicted octanol–water partition coefficient (Wildman–Crippen LogP) is 6.82. The number of unbranched alkanes of at least 4 members (excludes halogenated alkanes) is 13. The molecule has 0 amide bonds. The molecule has 3 nitrogen and oxygen atoms in total. The molecule has 0 radical (unpaired) electrons. The van der Waals surface area contributed by atoms with Crippen LogP contribution in [0.25, 0.3) is 0 Å². The van der Waals surface area contributed by atoms with Gasteiger partial charge in [0.05, 0.1) is 0 Å². The Kier molecular flexibility index (Phi) is 17.2. The van der Waals surface area contributed by atoms with Crippen molar-refractivity contribution in [2.45, 2.75) is 103 Å². The van der Waals surface area contributed by atoms with Crippen LogP contribution in [0.5, 0.6) is 0 Å². The molecule has 0 aromatic rings. The molecule has 156 valence electrons. The number of nitrogens with one attached hydrogen (secondary N) is 1. The van der Waals surface area contributed by atoms with Gasteiger partial charge in [-0.15, -0.1) is 0 Å². The van der Waals surface area contributed by atoms with Crippen LogP contribution in [0, 0.1) is 0 Å². The van der Waals surface area contributed by atoms with Crippen molar-refractivity contribution in [3.8, 4) is 0 Å². The van der Waals surface area contributed by atoms with E-state index in [-0.39, 0.29) is 0 Å². The monoisotopic (exact) mass is 375 g/mol. The maximum atomic E-state index is 4.24. The van der Waals surface area contributed by atoms with Gasteiger partial charge < -0.3 is 10.2 Å². The molecule has 1 aliphatic rings. The van der Waals surface area contributed by atoms with Gasteiger partial charge in [0.2, 0.25) is 0 Å². The fourth-order valence-corrected chi connectivity index (χ4v) is 3.48. The molecule has 0 spiro atoms. The van der Waals surface area contributed by atoms with Crippen molar-refractivity contribution in [2.75, 3.05) is 19.8 Å². The number of aliphatic imine (C=N–C) groups is 1. The summed E-state index contributed by atoms with van der Waals surface area (Å²) in [7, 11) is 0. The van der Waals surface area contributed by atoms with E-state index in [1.807, 2.05) is 12.3 Å². The quantitative estimate of drug-likeness (QED) is 0.251. The van der Waals surface area contributed by atoms with E-state index >= 15 is 0 Å². The lowest BCUT2D eigenvalue weighted by Gasteiger charge is -2.19. The molecule has 0 saturated heterocycles. The third-order valence-electron chi connectivity index (χ3n) is 5.23. The average molecular weight is 376 g/mol.